The molecular weight excluding hydrogens is 250 g/mol. The third kappa shape index (κ3) is 3.43. The molecule has 0 spiro atoms. The summed E-state index contributed by atoms with van der Waals surface area (Å²) in [5.74, 6) is 0.456. The minimum absolute atomic E-state index is 0.268. The molecule has 0 unspecified atom stereocenters. The van der Waals surface area contributed by atoms with E-state index in [2.05, 4.69) is 15.6 Å². The highest BCUT2D eigenvalue weighted by Crippen LogP contribution is 2.18. The van der Waals surface area contributed by atoms with Gasteiger partial charge in [-0.1, -0.05) is 0 Å². The summed E-state index contributed by atoms with van der Waals surface area (Å²) >= 11 is 0. The summed E-state index contributed by atoms with van der Waals surface area (Å²) in [5, 5.41) is 6.53. The molecule has 0 radical (unpaired) electrons. The maximum Gasteiger partial charge on any atom is 0.179 e. The molecule has 2 heterocycles. The Morgan fingerprint density at radius 3 is 3.06 bits per heavy atom. The molecular formula is C12H19N3O2S. The minimum atomic E-state index is -3.22. The number of nitrogens with zero attached hydrogens (tertiary/aromatic N) is 1. The molecule has 0 bridgehead atoms. The van der Waals surface area contributed by atoms with Crippen molar-refractivity contribution in [1.82, 2.24) is 10.3 Å². The highest BCUT2D eigenvalue weighted by molar-refractivity contribution is 7.90. The molecule has 5 nitrogen and oxygen atoms in total. The molecule has 1 aliphatic rings. The van der Waals surface area contributed by atoms with Gasteiger partial charge in [0.2, 0.25) is 0 Å². The van der Waals surface area contributed by atoms with Gasteiger partial charge in [0.05, 0.1) is 0 Å². The average molecular weight is 269 g/mol. The molecule has 0 amide bonds. The van der Waals surface area contributed by atoms with E-state index in [4.69, 9.17) is 0 Å². The number of anilines is 1. The number of pyridine rings is 1. The Morgan fingerprint density at radius 1 is 1.56 bits per heavy atom. The van der Waals surface area contributed by atoms with Crippen molar-refractivity contribution in [3.8, 4) is 0 Å². The maximum absolute atomic E-state index is 11.6. The summed E-state index contributed by atoms with van der Waals surface area (Å²) in [5.41, 5.74) is 0. The highest BCUT2D eigenvalue weighted by Gasteiger charge is 2.16. The molecule has 100 valence electrons. The lowest BCUT2D eigenvalue weighted by Crippen LogP contribution is -2.24. The second-order valence-corrected chi connectivity index (χ2v) is 6.62. The van der Waals surface area contributed by atoms with E-state index in [1.54, 1.807) is 18.3 Å². The van der Waals surface area contributed by atoms with Crippen molar-refractivity contribution in [3.05, 3.63) is 18.3 Å². The molecule has 18 heavy (non-hydrogen) atoms. The summed E-state index contributed by atoms with van der Waals surface area (Å²) in [6, 6.07) is 3.77. The van der Waals surface area contributed by atoms with Crippen LogP contribution in [0.5, 0.6) is 0 Å². The van der Waals surface area contributed by atoms with Gasteiger partial charge in [0.1, 0.15) is 10.7 Å². The summed E-state index contributed by atoms with van der Waals surface area (Å²) in [4.78, 5) is 4.37. The van der Waals surface area contributed by atoms with Gasteiger partial charge < -0.3 is 10.6 Å². The van der Waals surface area contributed by atoms with Crippen molar-refractivity contribution in [3.63, 3.8) is 0 Å². The van der Waals surface area contributed by atoms with Gasteiger partial charge in [-0.2, -0.15) is 0 Å². The Kier molecular flexibility index (Phi) is 4.19. The van der Waals surface area contributed by atoms with Crippen molar-refractivity contribution in [2.75, 3.05) is 24.7 Å². The first-order valence-corrected chi connectivity index (χ1v) is 8.09. The molecule has 2 rings (SSSR count). The third-order valence-corrected chi connectivity index (χ3v) is 4.25. The van der Waals surface area contributed by atoms with Crippen LogP contribution >= 0.6 is 0 Å². The second-order valence-electron chi connectivity index (χ2n) is 4.63. The molecule has 1 aromatic heterocycles. The maximum atomic E-state index is 11.6. The molecule has 2 N–H and O–H groups in total. The lowest BCUT2D eigenvalue weighted by atomic mass is 10.1. The van der Waals surface area contributed by atoms with Crippen molar-refractivity contribution in [1.29, 1.82) is 0 Å². The van der Waals surface area contributed by atoms with E-state index in [0.717, 1.165) is 19.5 Å². The average Bonchev–Trinajstić information content (AvgIpc) is 2.81. The van der Waals surface area contributed by atoms with Crippen LogP contribution < -0.4 is 10.6 Å². The zero-order chi connectivity index (χ0) is 13.0. The van der Waals surface area contributed by atoms with E-state index in [-0.39, 0.29) is 4.90 Å². The van der Waals surface area contributed by atoms with Gasteiger partial charge in [0, 0.05) is 25.0 Å². The Morgan fingerprint density at radius 2 is 2.39 bits per heavy atom. The first-order chi connectivity index (χ1) is 8.57. The summed E-state index contributed by atoms with van der Waals surface area (Å²) in [7, 11) is -3.22. The molecule has 1 aromatic rings. The van der Waals surface area contributed by atoms with Gasteiger partial charge in [-0.15, -0.1) is 0 Å². The van der Waals surface area contributed by atoms with E-state index in [9.17, 15) is 8.42 Å². The Balaban J connectivity index is 1.96. The lowest BCUT2D eigenvalue weighted by Gasteiger charge is -2.12. The number of rotatable bonds is 5. The van der Waals surface area contributed by atoms with E-state index < -0.39 is 9.84 Å². The largest absolute Gasteiger partial charge is 0.369 e. The highest BCUT2D eigenvalue weighted by atomic mass is 32.2. The normalized spacial score (nSPS) is 19.9. The summed E-state index contributed by atoms with van der Waals surface area (Å²) < 4.78 is 23.2. The predicted octanol–water partition coefficient (Wildman–Crippen LogP) is 1.04. The monoisotopic (exact) mass is 269 g/mol. The van der Waals surface area contributed by atoms with Crippen LogP contribution in [0.2, 0.25) is 0 Å². The Labute approximate surface area is 108 Å². The molecule has 1 saturated heterocycles. The first kappa shape index (κ1) is 13.3. The second kappa shape index (κ2) is 5.67. The number of sulfone groups is 1. The van der Waals surface area contributed by atoms with Crippen LogP contribution in [-0.4, -0.2) is 38.8 Å². The van der Waals surface area contributed by atoms with E-state index in [1.807, 2.05) is 0 Å². The van der Waals surface area contributed by atoms with Crippen molar-refractivity contribution >= 4 is 15.7 Å². The smallest absolute Gasteiger partial charge is 0.179 e. The first-order valence-electron chi connectivity index (χ1n) is 6.20. The number of nitrogens with one attached hydrogen (secondary N) is 2. The fraction of sp³-hybridized carbons (Fsp3) is 0.583. The van der Waals surface area contributed by atoms with Gasteiger partial charge in [0.15, 0.2) is 9.84 Å². The van der Waals surface area contributed by atoms with E-state index in [1.165, 1.54) is 19.1 Å². The SMILES string of the molecule is CS(=O)(=O)c1cccnc1NCC[C@@H]1CCCN1. The summed E-state index contributed by atoms with van der Waals surface area (Å²) in [6.07, 6.45) is 6.21. The number of aromatic nitrogens is 1. The van der Waals surface area contributed by atoms with Crippen LogP contribution in [0, 0.1) is 0 Å². The molecule has 0 aliphatic carbocycles. The molecule has 0 aromatic carbocycles. The number of hydrogen-bond donors (Lipinski definition) is 2. The van der Waals surface area contributed by atoms with Crippen LogP contribution in [0.3, 0.4) is 0 Å². The Bertz CT molecular complexity index is 496. The third-order valence-electron chi connectivity index (χ3n) is 3.12. The fourth-order valence-corrected chi connectivity index (χ4v) is 2.99. The fourth-order valence-electron chi connectivity index (χ4n) is 2.19. The minimum Gasteiger partial charge on any atom is -0.369 e. The molecule has 1 aliphatic heterocycles. The van der Waals surface area contributed by atoms with Crippen LogP contribution in [0.15, 0.2) is 23.2 Å². The van der Waals surface area contributed by atoms with Crippen molar-refractivity contribution in [2.24, 2.45) is 0 Å². The van der Waals surface area contributed by atoms with Crippen LogP contribution in [0.4, 0.5) is 5.82 Å². The van der Waals surface area contributed by atoms with E-state index >= 15 is 0 Å². The van der Waals surface area contributed by atoms with Gasteiger partial charge in [-0.3, -0.25) is 0 Å². The predicted molar refractivity (Wildman–Crippen MR) is 71.5 cm³/mol. The topological polar surface area (TPSA) is 71.1 Å². The van der Waals surface area contributed by atoms with Gasteiger partial charge >= 0.3 is 0 Å². The van der Waals surface area contributed by atoms with Gasteiger partial charge in [-0.05, 0) is 37.9 Å². The van der Waals surface area contributed by atoms with E-state index in [0.29, 0.717) is 11.9 Å². The van der Waals surface area contributed by atoms with Crippen LogP contribution in [0.1, 0.15) is 19.3 Å². The lowest BCUT2D eigenvalue weighted by molar-refractivity contribution is 0.573. The molecule has 6 heteroatoms. The molecule has 1 atom stereocenters. The zero-order valence-corrected chi connectivity index (χ0v) is 11.3. The number of hydrogen-bond acceptors (Lipinski definition) is 5. The van der Waals surface area contributed by atoms with Gasteiger partial charge in [-0.25, -0.2) is 13.4 Å². The van der Waals surface area contributed by atoms with Crippen LogP contribution in [-0.2, 0) is 9.84 Å². The summed E-state index contributed by atoms with van der Waals surface area (Å²) in [6.45, 7) is 1.82. The quantitative estimate of drug-likeness (QED) is 0.835. The Hall–Kier alpha value is -1.14. The van der Waals surface area contributed by atoms with Crippen molar-refractivity contribution in [2.45, 2.75) is 30.2 Å². The molecule has 1 fully saturated rings. The molecule has 0 saturated carbocycles. The zero-order valence-electron chi connectivity index (χ0n) is 10.5. The van der Waals surface area contributed by atoms with Gasteiger partial charge in [0.25, 0.3) is 0 Å². The van der Waals surface area contributed by atoms with Crippen molar-refractivity contribution < 1.29 is 8.42 Å². The van der Waals surface area contributed by atoms with Crippen LogP contribution in [0.25, 0.3) is 0 Å². The standard InChI is InChI=1S/C12H19N3O2S/c1-18(16,17)11-5-3-8-14-12(11)15-9-6-10-4-2-7-13-10/h3,5,8,10,13H,2,4,6-7,9H2,1H3,(H,14,15)/t10-/m0/s1.